The molecule has 1 N–H and O–H groups in total. The van der Waals surface area contributed by atoms with Crippen LogP contribution in [0.2, 0.25) is 0 Å². The number of anilines is 1. The molecule has 3 rings (SSSR count). The molecule has 3 aromatic rings. The van der Waals surface area contributed by atoms with E-state index in [4.69, 9.17) is 0 Å². The molecule has 0 bridgehead atoms. The topological polar surface area (TPSA) is 59.8 Å². The highest BCUT2D eigenvalue weighted by molar-refractivity contribution is 8.00. The van der Waals surface area contributed by atoms with Gasteiger partial charge in [-0.15, -0.1) is 10.2 Å². The average Bonchev–Trinajstić information content (AvgIpc) is 2.98. The lowest BCUT2D eigenvalue weighted by Crippen LogP contribution is -2.23. The van der Waals surface area contributed by atoms with E-state index >= 15 is 0 Å². The molecule has 1 aromatic heterocycles. The van der Waals surface area contributed by atoms with E-state index in [0.717, 1.165) is 33.4 Å². The fraction of sp³-hybridized carbons (Fsp3) is 0.250. The summed E-state index contributed by atoms with van der Waals surface area (Å²) in [7, 11) is 1.93. The van der Waals surface area contributed by atoms with Crippen molar-refractivity contribution in [2.24, 2.45) is 7.05 Å². The van der Waals surface area contributed by atoms with Gasteiger partial charge in [0.25, 0.3) is 0 Å². The maximum Gasteiger partial charge on any atom is 0.237 e. The van der Waals surface area contributed by atoms with Crippen LogP contribution in [0, 0.1) is 13.8 Å². The van der Waals surface area contributed by atoms with Crippen LogP contribution in [0.15, 0.2) is 53.7 Å². The minimum atomic E-state index is -0.290. The minimum absolute atomic E-state index is 0.0512. The highest BCUT2D eigenvalue weighted by Crippen LogP contribution is 2.28. The number of para-hydroxylation sites is 1. The third-order valence-electron chi connectivity index (χ3n) is 4.28. The minimum Gasteiger partial charge on any atom is -0.325 e. The lowest BCUT2D eigenvalue weighted by Gasteiger charge is -2.13. The predicted octanol–water partition coefficient (Wildman–Crippen LogP) is 4.22. The quantitative estimate of drug-likeness (QED) is 0.687. The van der Waals surface area contributed by atoms with Crippen LogP contribution in [0.5, 0.6) is 0 Å². The molecule has 0 radical (unpaired) electrons. The number of amides is 1. The Balaban J connectivity index is 1.74. The predicted molar refractivity (Wildman–Crippen MR) is 106 cm³/mol. The fourth-order valence-electron chi connectivity index (χ4n) is 2.63. The summed E-state index contributed by atoms with van der Waals surface area (Å²) in [6, 6.07) is 15.8. The van der Waals surface area contributed by atoms with Crippen LogP contribution in [-0.4, -0.2) is 25.9 Å². The number of aryl methyl sites for hydroxylation is 2. The molecule has 0 saturated carbocycles. The Kier molecular flexibility index (Phi) is 5.42. The number of hydrogen-bond acceptors (Lipinski definition) is 4. The monoisotopic (exact) mass is 366 g/mol. The summed E-state index contributed by atoms with van der Waals surface area (Å²) in [6.07, 6.45) is 0. The van der Waals surface area contributed by atoms with Crippen molar-refractivity contribution in [3.05, 3.63) is 59.7 Å². The van der Waals surface area contributed by atoms with E-state index in [0.29, 0.717) is 0 Å². The standard InChI is InChI=1S/C20H22N4OS/c1-13-9-5-7-11-16(13)18-22-23-20(24(18)4)26-15(3)19(25)21-17-12-8-6-10-14(17)2/h5-12,15H,1-4H3,(H,21,25)/t15-/m0/s1. The highest BCUT2D eigenvalue weighted by Gasteiger charge is 2.20. The third kappa shape index (κ3) is 3.80. The maximum atomic E-state index is 12.5. The molecule has 6 heteroatoms. The molecule has 1 heterocycles. The van der Waals surface area contributed by atoms with Crippen molar-refractivity contribution >= 4 is 23.4 Å². The summed E-state index contributed by atoms with van der Waals surface area (Å²) < 4.78 is 1.94. The van der Waals surface area contributed by atoms with Gasteiger partial charge in [-0.25, -0.2) is 0 Å². The summed E-state index contributed by atoms with van der Waals surface area (Å²) in [6.45, 7) is 5.90. The van der Waals surface area contributed by atoms with Crippen LogP contribution in [0.25, 0.3) is 11.4 Å². The van der Waals surface area contributed by atoms with Crippen molar-refractivity contribution in [2.45, 2.75) is 31.2 Å². The normalized spacial score (nSPS) is 12.0. The van der Waals surface area contributed by atoms with E-state index in [9.17, 15) is 4.79 Å². The number of thioether (sulfide) groups is 1. The molecule has 0 unspecified atom stereocenters. The summed E-state index contributed by atoms with van der Waals surface area (Å²) in [5, 5.41) is 12.0. The van der Waals surface area contributed by atoms with Gasteiger partial charge in [-0.3, -0.25) is 4.79 Å². The second kappa shape index (κ2) is 7.74. The van der Waals surface area contributed by atoms with Crippen LogP contribution in [-0.2, 0) is 11.8 Å². The zero-order chi connectivity index (χ0) is 18.7. The summed E-state index contributed by atoms with van der Waals surface area (Å²) in [5.41, 5.74) is 4.07. The van der Waals surface area contributed by atoms with E-state index < -0.39 is 0 Å². The number of rotatable bonds is 5. The van der Waals surface area contributed by atoms with Gasteiger partial charge in [0.15, 0.2) is 11.0 Å². The number of nitrogens with zero attached hydrogens (tertiary/aromatic N) is 3. The first-order chi connectivity index (χ1) is 12.5. The van der Waals surface area contributed by atoms with E-state index in [1.165, 1.54) is 11.8 Å². The first-order valence-corrected chi connectivity index (χ1v) is 9.34. The van der Waals surface area contributed by atoms with Gasteiger partial charge >= 0.3 is 0 Å². The van der Waals surface area contributed by atoms with Crippen molar-refractivity contribution in [2.75, 3.05) is 5.32 Å². The molecule has 134 valence electrons. The zero-order valence-corrected chi connectivity index (χ0v) is 16.2. The molecule has 0 aliphatic carbocycles. The molecular formula is C20H22N4OS. The van der Waals surface area contributed by atoms with Crippen LogP contribution in [0.4, 0.5) is 5.69 Å². The van der Waals surface area contributed by atoms with Crippen molar-refractivity contribution in [1.82, 2.24) is 14.8 Å². The average molecular weight is 366 g/mol. The van der Waals surface area contributed by atoms with Gasteiger partial charge in [-0.05, 0) is 38.0 Å². The number of nitrogens with one attached hydrogen (secondary N) is 1. The Hall–Kier alpha value is -2.60. The van der Waals surface area contributed by atoms with Crippen molar-refractivity contribution in [3.8, 4) is 11.4 Å². The molecular weight excluding hydrogens is 344 g/mol. The van der Waals surface area contributed by atoms with Gasteiger partial charge in [0.1, 0.15) is 0 Å². The van der Waals surface area contributed by atoms with E-state index in [1.54, 1.807) is 0 Å². The van der Waals surface area contributed by atoms with Crippen LogP contribution >= 0.6 is 11.8 Å². The molecule has 26 heavy (non-hydrogen) atoms. The number of carbonyl (C=O) groups is 1. The van der Waals surface area contributed by atoms with E-state index in [1.807, 2.05) is 67.9 Å². The summed E-state index contributed by atoms with van der Waals surface area (Å²) >= 11 is 1.40. The van der Waals surface area contributed by atoms with Gasteiger partial charge in [0.05, 0.1) is 5.25 Å². The molecule has 0 spiro atoms. The van der Waals surface area contributed by atoms with E-state index in [2.05, 4.69) is 28.5 Å². The highest BCUT2D eigenvalue weighted by atomic mass is 32.2. The molecule has 2 aromatic carbocycles. The largest absolute Gasteiger partial charge is 0.325 e. The van der Waals surface area contributed by atoms with Gasteiger partial charge in [-0.1, -0.05) is 54.2 Å². The van der Waals surface area contributed by atoms with Crippen LogP contribution in [0.3, 0.4) is 0 Å². The van der Waals surface area contributed by atoms with Crippen LogP contribution < -0.4 is 5.32 Å². The van der Waals surface area contributed by atoms with Gasteiger partial charge in [-0.2, -0.15) is 0 Å². The Morgan fingerprint density at radius 2 is 1.69 bits per heavy atom. The smallest absolute Gasteiger partial charge is 0.237 e. The second-order valence-corrected chi connectivity index (χ2v) is 7.55. The number of aromatic nitrogens is 3. The lowest BCUT2D eigenvalue weighted by atomic mass is 10.1. The number of hydrogen-bond donors (Lipinski definition) is 1. The first kappa shape index (κ1) is 18.2. The lowest BCUT2D eigenvalue weighted by molar-refractivity contribution is -0.115. The molecule has 5 nitrogen and oxygen atoms in total. The molecule has 1 amide bonds. The Morgan fingerprint density at radius 3 is 2.38 bits per heavy atom. The summed E-state index contributed by atoms with van der Waals surface area (Å²) in [4.78, 5) is 12.5. The fourth-order valence-corrected chi connectivity index (χ4v) is 3.45. The molecule has 0 fully saturated rings. The third-order valence-corrected chi connectivity index (χ3v) is 5.41. The number of carbonyl (C=O) groups excluding carboxylic acids is 1. The van der Waals surface area contributed by atoms with Crippen molar-refractivity contribution < 1.29 is 4.79 Å². The molecule has 0 saturated heterocycles. The number of benzene rings is 2. The van der Waals surface area contributed by atoms with Gasteiger partial charge in [0, 0.05) is 18.3 Å². The molecule has 1 atom stereocenters. The van der Waals surface area contributed by atoms with E-state index in [-0.39, 0.29) is 11.2 Å². The van der Waals surface area contributed by atoms with Crippen molar-refractivity contribution in [1.29, 1.82) is 0 Å². The zero-order valence-electron chi connectivity index (χ0n) is 15.4. The second-order valence-electron chi connectivity index (χ2n) is 6.24. The van der Waals surface area contributed by atoms with Gasteiger partial charge < -0.3 is 9.88 Å². The van der Waals surface area contributed by atoms with Crippen molar-refractivity contribution in [3.63, 3.8) is 0 Å². The maximum absolute atomic E-state index is 12.5. The summed E-state index contributed by atoms with van der Waals surface area (Å²) in [5.74, 6) is 0.752. The molecule has 0 aliphatic heterocycles. The van der Waals surface area contributed by atoms with Crippen LogP contribution in [0.1, 0.15) is 18.1 Å². The Labute approximate surface area is 157 Å². The van der Waals surface area contributed by atoms with Gasteiger partial charge in [0.2, 0.25) is 5.91 Å². The molecule has 0 aliphatic rings. The Bertz CT molecular complexity index is 935. The Morgan fingerprint density at radius 1 is 1.04 bits per heavy atom. The first-order valence-electron chi connectivity index (χ1n) is 8.46. The SMILES string of the molecule is Cc1ccccc1NC(=O)[C@H](C)Sc1nnc(-c2ccccc2C)n1C.